The first kappa shape index (κ1) is 24.2. The largest absolute Gasteiger partial charge is 0.385 e. The summed E-state index contributed by atoms with van der Waals surface area (Å²) in [6, 6.07) is 21.2. The average Bonchev–Trinajstić information content (AvgIpc) is 3.31. The van der Waals surface area contributed by atoms with Gasteiger partial charge < -0.3 is 14.5 Å². The summed E-state index contributed by atoms with van der Waals surface area (Å²) in [6.45, 7) is 2.01. The second kappa shape index (κ2) is 12.5. The molecule has 0 unspecified atom stereocenters. The lowest BCUT2D eigenvalue weighted by Gasteiger charge is -2.28. The number of carbonyl (C=O) groups is 2. The molecule has 0 saturated heterocycles. The van der Waals surface area contributed by atoms with Gasteiger partial charge in [-0.25, -0.2) is 0 Å². The van der Waals surface area contributed by atoms with Crippen molar-refractivity contribution in [1.29, 1.82) is 0 Å². The van der Waals surface area contributed by atoms with E-state index in [1.54, 1.807) is 35.5 Å². The molecule has 0 radical (unpaired) electrons. The Morgan fingerprint density at radius 2 is 1.78 bits per heavy atom. The molecule has 2 amide bonds. The number of nitrogens with zero attached hydrogens (tertiary/aromatic N) is 2. The molecule has 168 valence electrons. The molecule has 0 fully saturated rings. The van der Waals surface area contributed by atoms with E-state index in [0.29, 0.717) is 38.2 Å². The van der Waals surface area contributed by atoms with Crippen LogP contribution in [-0.2, 0) is 22.6 Å². The zero-order valence-electron chi connectivity index (χ0n) is 18.1. The van der Waals surface area contributed by atoms with Gasteiger partial charge in [0.15, 0.2) is 0 Å². The van der Waals surface area contributed by atoms with E-state index in [1.807, 2.05) is 64.9 Å². The van der Waals surface area contributed by atoms with Gasteiger partial charge in [0, 0.05) is 41.7 Å². The van der Waals surface area contributed by atoms with Crippen LogP contribution in [0.15, 0.2) is 76.6 Å². The van der Waals surface area contributed by atoms with Crippen LogP contribution in [0.5, 0.6) is 0 Å². The highest BCUT2D eigenvalue weighted by Gasteiger charge is 2.23. The van der Waals surface area contributed by atoms with Crippen LogP contribution in [0.4, 0.5) is 0 Å². The van der Waals surface area contributed by atoms with Crippen LogP contribution < -0.4 is 0 Å². The summed E-state index contributed by atoms with van der Waals surface area (Å²) in [7, 11) is 1.63. The second-order valence-corrected chi connectivity index (χ2v) is 9.35. The zero-order chi connectivity index (χ0) is 22.8. The second-order valence-electron chi connectivity index (χ2n) is 7.40. The molecule has 7 heteroatoms. The Balaban J connectivity index is 1.78. The van der Waals surface area contributed by atoms with Crippen molar-refractivity contribution < 1.29 is 14.3 Å². The molecule has 0 aliphatic rings. The molecule has 2 aromatic carbocycles. The number of halogens is 1. The van der Waals surface area contributed by atoms with Crippen molar-refractivity contribution in [2.24, 2.45) is 0 Å². The SMILES string of the molecule is COCCCN(CC(=O)N(Cc1ccccc1)Cc1cccs1)C(=O)c1cccc(Br)c1. The smallest absolute Gasteiger partial charge is 0.254 e. The van der Waals surface area contributed by atoms with Gasteiger partial charge in [-0.3, -0.25) is 9.59 Å². The fourth-order valence-corrected chi connectivity index (χ4v) is 4.46. The van der Waals surface area contributed by atoms with Crippen molar-refractivity contribution in [2.75, 3.05) is 26.8 Å². The molecule has 0 bridgehead atoms. The Labute approximate surface area is 201 Å². The fourth-order valence-electron chi connectivity index (χ4n) is 3.35. The molecule has 32 heavy (non-hydrogen) atoms. The Kier molecular flexibility index (Phi) is 9.46. The number of carbonyl (C=O) groups excluding carboxylic acids is 2. The predicted molar refractivity (Wildman–Crippen MR) is 132 cm³/mol. The van der Waals surface area contributed by atoms with Crippen LogP contribution in [0, 0.1) is 0 Å². The van der Waals surface area contributed by atoms with Gasteiger partial charge in [0.05, 0.1) is 6.54 Å². The topological polar surface area (TPSA) is 49.9 Å². The van der Waals surface area contributed by atoms with Gasteiger partial charge in [0.25, 0.3) is 5.91 Å². The first-order chi connectivity index (χ1) is 15.6. The van der Waals surface area contributed by atoms with Crippen molar-refractivity contribution in [3.8, 4) is 0 Å². The van der Waals surface area contributed by atoms with E-state index >= 15 is 0 Å². The summed E-state index contributed by atoms with van der Waals surface area (Å²) in [5, 5.41) is 2.01. The predicted octanol–water partition coefficient (Wildman–Crippen LogP) is 5.22. The Morgan fingerprint density at radius 3 is 2.47 bits per heavy atom. The summed E-state index contributed by atoms with van der Waals surface area (Å²) >= 11 is 5.05. The number of ether oxygens (including phenoxy) is 1. The third-order valence-corrected chi connectivity index (χ3v) is 6.31. The lowest BCUT2D eigenvalue weighted by Crippen LogP contribution is -2.43. The molecule has 0 N–H and O–H groups in total. The third kappa shape index (κ3) is 7.29. The summed E-state index contributed by atoms with van der Waals surface area (Å²) in [4.78, 5) is 31.2. The van der Waals surface area contributed by atoms with Crippen LogP contribution in [-0.4, -0.2) is 48.4 Å². The molecule has 5 nitrogen and oxygen atoms in total. The van der Waals surface area contributed by atoms with E-state index in [4.69, 9.17) is 4.74 Å². The maximum absolute atomic E-state index is 13.4. The summed E-state index contributed by atoms with van der Waals surface area (Å²) in [5.41, 5.74) is 1.61. The highest BCUT2D eigenvalue weighted by Crippen LogP contribution is 2.17. The van der Waals surface area contributed by atoms with Crippen LogP contribution in [0.1, 0.15) is 27.2 Å². The van der Waals surface area contributed by atoms with Crippen LogP contribution >= 0.6 is 27.3 Å². The van der Waals surface area contributed by atoms with Crippen molar-refractivity contribution in [1.82, 2.24) is 9.80 Å². The molecular weight excluding hydrogens is 488 g/mol. The lowest BCUT2D eigenvalue weighted by molar-refractivity contribution is -0.133. The van der Waals surface area contributed by atoms with Gasteiger partial charge in [-0.2, -0.15) is 0 Å². The molecule has 3 rings (SSSR count). The first-order valence-electron chi connectivity index (χ1n) is 10.4. The summed E-state index contributed by atoms with van der Waals surface area (Å²) in [5.74, 6) is -0.241. The van der Waals surface area contributed by atoms with Gasteiger partial charge in [-0.15, -0.1) is 11.3 Å². The van der Waals surface area contributed by atoms with Crippen molar-refractivity contribution in [3.05, 3.63) is 92.6 Å². The van der Waals surface area contributed by atoms with Gasteiger partial charge in [0.2, 0.25) is 5.91 Å². The number of hydrogen-bond acceptors (Lipinski definition) is 4. The molecule has 1 aromatic heterocycles. The van der Waals surface area contributed by atoms with E-state index in [0.717, 1.165) is 14.9 Å². The Bertz CT molecular complexity index is 995. The zero-order valence-corrected chi connectivity index (χ0v) is 20.5. The number of thiophene rings is 1. The van der Waals surface area contributed by atoms with Crippen molar-refractivity contribution in [3.63, 3.8) is 0 Å². The van der Waals surface area contributed by atoms with E-state index < -0.39 is 0 Å². The van der Waals surface area contributed by atoms with Gasteiger partial charge >= 0.3 is 0 Å². The summed E-state index contributed by atoms with van der Waals surface area (Å²) < 4.78 is 5.99. The quantitative estimate of drug-likeness (QED) is 0.329. The molecule has 0 spiro atoms. The van der Waals surface area contributed by atoms with Crippen LogP contribution in [0.25, 0.3) is 0 Å². The molecule has 1 heterocycles. The highest BCUT2D eigenvalue weighted by molar-refractivity contribution is 9.10. The monoisotopic (exact) mass is 514 g/mol. The number of amides is 2. The third-order valence-electron chi connectivity index (χ3n) is 4.96. The van der Waals surface area contributed by atoms with Gasteiger partial charge in [-0.05, 0) is 41.6 Å². The number of methoxy groups -OCH3 is 1. The normalized spacial score (nSPS) is 10.7. The standard InChI is InChI=1S/C25H27BrN2O3S/c1-31-14-7-13-27(25(30)21-10-5-11-22(26)16-21)19-24(29)28(18-23-12-6-15-32-23)17-20-8-3-2-4-9-20/h2-6,8-12,15-16H,7,13-14,17-19H2,1H3. The Morgan fingerprint density at radius 1 is 0.969 bits per heavy atom. The lowest BCUT2D eigenvalue weighted by atomic mass is 10.2. The maximum atomic E-state index is 13.4. The fraction of sp³-hybridized carbons (Fsp3) is 0.280. The van der Waals surface area contributed by atoms with Crippen molar-refractivity contribution >= 4 is 39.1 Å². The van der Waals surface area contributed by atoms with Gasteiger partial charge in [0.1, 0.15) is 6.54 Å². The van der Waals surface area contributed by atoms with Crippen molar-refractivity contribution in [2.45, 2.75) is 19.5 Å². The number of benzene rings is 2. The molecule has 0 aliphatic carbocycles. The highest BCUT2D eigenvalue weighted by atomic mass is 79.9. The summed E-state index contributed by atoms with van der Waals surface area (Å²) in [6.07, 6.45) is 0.660. The minimum atomic E-state index is -0.161. The van der Waals surface area contributed by atoms with E-state index in [9.17, 15) is 9.59 Å². The van der Waals surface area contributed by atoms with E-state index in [-0.39, 0.29) is 18.4 Å². The minimum absolute atomic E-state index is 0.0211. The van der Waals surface area contributed by atoms with Crippen LogP contribution in [0.2, 0.25) is 0 Å². The molecule has 3 aromatic rings. The average molecular weight is 515 g/mol. The number of rotatable bonds is 11. The molecule has 0 aliphatic heterocycles. The van der Waals surface area contributed by atoms with E-state index in [2.05, 4.69) is 15.9 Å². The first-order valence-corrected chi connectivity index (χ1v) is 12.1. The maximum Gasteiger partial charge on any atom is 0.254 e. The van der Waals surface area contributed by atoms with Crippen LogP contribution in [0.3, 0.4) is 0 Å². The van der Waals surface area contributed by atoms with Gasteiger partial charge in [-0.1, -0.05) is 58.4 Å². The molecule has 0 atom stereocenters. The Hall–Kier alpha value is -2.48. The number of hydrogen-bond donors (Lipinski definition) is 0. The van der Waals surface area contributed by atoms with E-state index in [1.165, 1.54) is 0 Å². The minimum Gasteiger partial charge on any atom is -0.385 e. The molecule has 0 saturated carbocycles. The molecular formula is C25H27BrN2O3S.